The summed E-state index contributed by atoms with van der Waals surface area (Å²) >= 11 is 1.26. The molecule has 0 spiro atoms. The molecular weight excluding hydrogens is 428 g/mol. The highest BCUT2D eigenvalue weighted by atomic mass is 32.1. The van der Waals surface area contributed by atoms with E-state index < -0.39 is 6.04 Å². The SMILES string of the molecule is O=C(NC(Cc1ccccc1)C(=O)Nc1nnc(-c2ccc3c(c2)OCO3)s1)C1CCC1. The van der Waals surface area contributed by atoms with Crippen LogP contribution in [0.5, 0.6) is 11.5 Å². The average molecular weight is 451 g/mol. The van der Waals surface area contributed by atoms with Gasteiger partial charge in [-0.2, -0.15) is 0 Å². The Balaban J connectivity index is 1.29. The van der Waals surface area contributed by atoms with Crippen molar-refractivity contribution in [1.82, 2.24) is 15.5 Å². The number of anilines is 1. The topological polar surface area (TPSA) is 102 Å². The molecule has 0 saturated heterocycles. The largest absolute Gasteiger partial charge is 0.454 e. The molecule has 1 aliphatic heterocycles. The number of hydrogen-bond acceptors (Lipinski definition) is 7. The molecule has 1 unspecified atom stereocenters. The number of ether oxygens (including phenoxy) is 2. The number of benzene rings is 2. The summed E-state index contributed by atoms with van der Waals surface area (Å²) in [5.41, 5.74) is 1.80. The summed E-state index contributed by atoms with van der Waals surface area (Å²) in [7, 11) is 0. The van der Waals surface area contributed by atoms with Crippen molar-refractivity contribution >= 4 is 28.3 Å². The third-order valence-corrected chi connectivity index (χ3v) is 6.55. The summed E-state index contributed by atoms with van der Waals surface area (Å²) in [6, 6.07) is 14.5. The normalized spacial score (nSPS) is 15.6. The lowest BCUT2D eigenvalue weighted by atomic mass is 9.84. The summed E-state index contributed by atoms with van der Waals surface area (Å²) in [6.45, 7) is 0.200. The van der Waals surface area contributed by atoms with Crippen molar-refractivity contribution in [2.24, 2.45) is 5.92 Å². The van der Waals surface area contributed by atoms with E-state index in [4.69, 9.17) is 9.47 Å². The molecule has 2 N–H and O–H groups in total. The van der Waals surface area contributed by atoms with Crippen molar-refractivity contribution in [2.75, 3.05) is 12.1 Å². The second kappa shape index (κ2) is 8.96. The number of nitrogens with zero attached hydrogens (tertiary/aromatic N) is 2. The maximum atomic E-state index is 13.1. The van der Waals surface area contributed by atoms with Crippen LogP contribution in [0.15, 0.2) is 48.5 Å². The van der Waals surface area contributed by atoms with Crippen LogP contribution in [0.25, 0.3) is 10.6 Å². The van der Waals surface area contributed by atoms with E-state index in [1.807, 2.05) is 48.5 Å². The van der Waals surface area contributed by atoms with Crippen LogP contribution >= 0.6 is 11.3 Å². The third kappa shape index (κ3) is 4.43. The van der Waals surface area contributed by atoms with Gasteiger partial charge in [0.1, 0.15) is 11.0 Å². The maximum absolute atomic E-state index is 13.1. The number of fused-ring (bicyclic) bond motifs is 1. The first kappa shape index (κ1) is 20.4. The standard InChI is InChI=1S/C23H22N4O4S/c28-20(15-7-4-8-15)24-17(11-14-5-2-1-3-6-14)21(29)25-23-27-26-22(32-23)16-9-10-18-19(12-16)31-13-30-18/h1-3,5-6,9-10,12,15,17H,4,7-8,11,13H2,(H,24,28)(H,25,27,29). The summed E-state index contributed by atoms with van der Waals surface area (Å²) in [4.78, 5) is 25.6. The van der Waals surface area contributed by atoms with E-state index in [0.29, 0.717) is 28.1 Å². The van der Waals surface area contributed by atoms with Crippen molar-refractivity contribution in [1.29, 1.82) is 0 Å². The average Bonchev–Trinajstić information content (AvgIpc) is 3.41. The van der Waals surface area contributed by atoms with Gasteiger partial charge in [0.25, 0.3) is 0 Å². The second-order valence-corrected chi connectivity index (χ2v) is 8.83. The minimum Gasteiger partial charge on any atom is -0.454 e. The predicted octanol–water partition coefficient (Wildman–Crippen LogP) is 3.40. The number of nitrogens with one attached hydrogen (secondary N) is 2. The van der Waals surface area contributed by atoms with Crippen LogP contribution in [0, 0.1) is 5.92 Å². The van der Waals surface area contributed by atoms with Crippen molar-refractivity contribution < 1.29 is 19.1 Å². The lowest BCUT2D eigenvalue weighted by Gasteiger charge is -2.27. The van der Waals surface area contributed by atoms with Gasteiger partial charge in [0.05, 0.1) is 0 Å². The van der Waals surface area contributed by atoms with Gasteiger partial charge in [-0.1, -0.05) is 48.1 Å². The minimum atomic E-state index is -0.691. The lowest BCUT2D eigenvalue weighted by Crippen LogP contribution is -2.48. The fraction of sp³-hybridized carbons (Fsp3) is 0.304. The Bertz CT molecular complexity index is 1130. The summed E-state index contributed by atoms with van der Waals surface area (Å²) in [6.07, 6.45) is 3.21. The van der Waals surface area contributed by atoms with Crippen molar-refractivity contribution in [3.8, 4) is 22.1 Å². The van der Waals surface area contributed by atoms with Gasteiger partial charge in [0.2, 0.25) is 23.7 Å². The van der Waals surface area contributed by atoms with Gasteiger partial charge < -0.3 is 14.8 Å². The highest BCUT2D eigenvalue weighted by molar-refractivity contribution is 7.18. The Morgan fingerprint density at radius 1 is 1.06 bits per heavy atom. The second-order valence-electron chi connectivity index (χ2n) is 7.85. The van der Waals surface area contributed by atoms with E-state index >= 15 is 0 Å². The third-order valence-electron chi connectivity index (χ3n) is 5.67. The fourth-order valence-electron chi connectivity index (χ4n) is 3.63. The van der Waals surface area contributed by atoms with Gasteiger partial charge in [0.15, 0.2) is 11.5 Å². The smallest absolute Gasteiger partial charge is 0.249 e. The molecule has 2 aliphatic rings. The Kier molecular flexibility index (Phi) is 5.72. The van der Waals surface area contributed by atoms with E-state index in [-0.39, 0.29) is 24.5 Å². The van der Waals surface area contributed by atoms with Crippen LogP contribution < -0.4 is 20.1 Å². The molecule has 9 heteroatoms. The molecular formula is C23H22N4O4S. The monoisotopic (exact) mass is 450 g/mol. The Morgan fingerprint density at radius 3 is 2.66 bits per heavy atom. The molecule has 32 heavy (non-hydrogen) atoms. The molecule has 1 aromatic heterocycles. The minimum absolute atomic E-state index is 0.000197. The van der Waals surface area contributed by atoms with E-state index in [1.165, 1.54) is 11.3 Å². The zero-order valence-electron chi connectivity index (χ0n) is 17.2. The molecule has 2 aromatic carbocycles. The number of aromatic nitrogens is 2. The van der Waals surface area contributed by atoms with Gasteiger partial charge >= 0.3 is 0 Å². The van der Waals surface area contributed by atoms with Crippen molar-refractivity contribution in [2.45, 2.75) is 31.7 Å². The summed E-state index contributed by atoms with van der Waals surface area (Å²) in [5, 5.41) is 15.1. The predicted molar refractivity (Wildman–Crippen MR) is 120 cm³/mol. The van der Waals surface area contributed by atoms with Gasteiger partial charge in [-0.25, -0.2) is 0 Å². The van der Waals surface area contributed by atoms with Gasteiger partial charge in [0, 0.05) is 17.9 Å². The number of carbonyl (C=O) groups is 2. The lowest BCUT2D eigenvalue weighted by molar-refractivity contribution is -0.131. The van der Waals surface area contributed by atoms with E-state index in [2.05, 4.69) is 20.8 Å². The Morgan fingerprint density at radius 2 is 1.88 bits per heavy atom. The molecule has 0 radical (unpaired) electrons. The number of hydrogen-bond donors (Lipinski definition) is 2. The zero-order valence-corrected chi connectivity index (χ0v) is 18.1. The fourth-order valence-corrected chi connectivity index (χ4v) is 4.37. The number of rotatable bonds is 7. The molecule has 1 atom stereocenters. The summed E-state index contributed by atoms with van der Waals surface area (Å²) in [5.74, 6) is 0.975. The zero-order chi connectivity index (χ0) is 21.9. The van der Waals surface area contributed by atoms with Gasteiger partial charge in [-0.3, -0.25) is 14.9 Å². The van der Waals surface area contributed by atoms with Crippen molar-refractivity contribution in [3.63, 3.8) is 0 Å². The number of amides is 2. The molecule has 0 bridgehead atoms. The first-order valence-electron chi connectivity index (χ1n) is 10.5. The molecule has 164 valence electrons. The Labute approximate surface area is 189 Å². The van der Waals surface area contributed by atoms with Crippen LogP contribution in [0.2, 0.25) is 0 Å². The van der Waals surface area contributed by atoms with Crippen LogP contribution in [0.4, 0.5) is 5.13 Å². The van der Waals surface area contributed by atoms with Gasteiger partial charge in [-0.15, -0.1) is 10.2 Å². The molecule has 3 aromatic rings. The quantitative estimate of drug-likeness (QED) is 0.572. The first-order chi connectivity index (χ1) is 15.7. The molecule has 5 rings (SSSR count). The molecule has 1 saturated carbocycles. The molecule has 1 fully saturated rings. The summed E-state index contributed by atoms with van der Waals surface area (Å²) < 4.78 is 10.8. The molecule has 2 amide bonds. The van der Waals surface area contributed by atoms with Crippen LogP contribution in [-0.4, -0.2) is 34.8 Å². The van der Waals surface area contributed by atoms with Crippen molar-refractivity contribution in [3.05, 3.63) is 54.1 Å². The number of carbonyl (C=O) groups excluding carboxylic acids is 2. The Hall–Kier alpha value is -3.46. The van der Waals surface area contributed by atoms with Crippen LogP contribution in [-0.2, 0) is 16.0 Å². The molecule has 2 heterocycles. The van der Waals surface area contributed by atoms with E-state index in [1.54, 1.807) is 0 Å². The highest BCUT2D eigenvalue weighted by Crippen LogP contribution is 2.37. The molecule has 8 nitrogen and oxygen atoms in total. The highest BCUT2D eigenvalue weighted by Gasteiger charge is 2.30. The van der Waals surface area contributed by atoms with E-state index in [9.17, 15) is 9.59 Å². The van der Waals surface area contributed by atoms with Crippen LogP contribution in [0.3, 0.4) is 0 Å². The molecule has 1 aliphatic carbocycles. The van der Waals surface area contributed by atoms with Crippen LogP contribution in [0.1, 0.15) is 24.8 Å². The van der Waals surface area contributed by atoms with Gasteiger partial charge in [-0.05, 0) is 36.6 Å². The van der Waals surface area contributed by atoms with E-state index in [0.717, 1.165) is 30.4 Å². The maximum Gasteiger partial charge on any atom is 0.249 e. The first-order valence-corrected chi connectivity index (χ1v) is 11.4.